The van der Waals surface area contributed by atoms with E-state index in [2.05, 4.69) is 0 Å². The lowest BCUT2D eigenvalue weighted by Crippen LogP contribution is -2.13. The molecule has 2 aromatic rings. The number of hydrogen-bond donors (Lipinski definition) is 1. The van der Waals surface area contributed by atoms with E-state index in [0.717, 1.165) is 17.5 Å². The summed E-state index contributed by atoms with van der Waals surface area (Å²) in [6, 6.07) is 15.6. The van der Waals surface area contributed by atoms with Crippen molar-refractivity contribution in [3.05, 3.63) is 65.7 Å². The van der Waals surface area contributed by atoms with E-state index in [4.69, 9.17) is 0 Å². The molecule has 1 aliphatic rings. The maximum atomic E-state index is 12.8. The van der Waals surface area contributed by atoms with E-state index >= 15 is 0 Å². The number of hydrogen-bond acceptors (Lipinski definition) is 3. The molecule has 0 spiro atoms. The molecule has 23 heavy (non-hydrogen) atoms. The van der Waals surface area contributed by atoms with Gasteiger partial charge in [-0.3, -0.25) is 4.79 Å². The molecule has 1 saturated carbocycles. The molecule has 5 heteroatoms. The van der Waals surface area contributed by atoms with Gasteiger partial charge in [0.2, 0.25) is 0 Å². The van der Waals surface area contributed by atoms with Crippen LogP contribution in [0, 0.1) is 5.92 Å². The Hall–Kier alpha value is -2.14. The first kappa shape index (κ1) is 15.7. The summed E-state index contributed by atoms with van der Waals surface area (Å²) in [4.78, 5) is 11.7. The van der Waals surface area contributed by atoms with Gasteiger partial charge in [0.05, 0.1) is 16.1 Å². The molecule has 0 aliphatic heterocycles. The highest BCUT2D eigenvalue weighted by molar-refractivity contribution is 7.92. The molecule has 0 saturated heterocycles. The quantitative estimate of drug-likeness (QED) is 0.915. The summed E-state index contributed by atoms with van der Waals surface area (Å²) in [5.74, 6) is -2.42. The predicted octanol–water partition coefficient (Wildman–Crippen LogP) is 2.89. The molecule has 0 bridgehead atoms. The Kier molecular flexibility index (Phi) is 3.98. The van der Waals surface area contributed by atoms with Crippen molar-refractivity contribution < 1.29 is 18.3 Å². The summed E-state index contributed by atoms with van der Waals surface area (Å²) >= 11 is 0. The molecule has 0 heterocycles. The van der Waals surface area contributed by atoms with E-state index in [9.17, 15) is 18.3 Å². The smallest absolute Gasteiger partial charge is 0.308 e. The first-order valence-electron chi connectivity index (χ1n) is 7.57. The van der Waals surface area contributed by atoms with Gasteiger partial charge in [0.25, 0.3) is 0 Å². The van der Waals surface area contributed by atoms with Crippen molar-refractivity contribution >= 4 is 15.8 Å². The molecule has 0 unspecified atom stereocenters. The summed E-state index contributed by atoms with van der Waals surface area (Å²) in [6.07, 6.45) is 0.888. The molecule has 0 radical (unpaired) electrons. The zero-order chi connectivity index (χ0) is 16.6. The van der Waals surface area contributed by atoms with Crippen LogP contribution < -0.4 is 0 Å². The van der Waals surface area contributed by atoms with Crippen molar-refractivity contribution in [2.45, 2.75) is 29.4 Å². The lowest BCUT2D eigenvalue weighted by Gasteiger charge is -2.04. The summed E-state index contributed by atoms with van der Waals surface area (Å²) in [5, 5.41) is 8.51. The first-order chi connectivity index (χ1) is 11.0. The Bertz CT molecular complexity index is 810. The molecule has 0 aromatic heterocycles. The van der Waals surface area contributed by atoms with E-state index < -0.39 is 32.9 Å². The van der Waals surface area contributed by atoms with Gasteiger partial charge >= 0.3 is 5.97 Å². The van der Waals surface area contributed by atoms with E-state index in [1.165, 1.54) is 12.1 Å². The fourth-order valence-electron chi connectivity index (χ4n) is 3.10. The zero-order valence-corrected chi connectivity index (χ0v) is 13.5. The second kappa shape index (κ2) is 5.81. The van der Waals surface area contributed by atoms with E-state index in [1.54, 1.807) is 18.2 Å². The summed E-state index contributed by atoms with van der Waals surface area (Å²) in [6.45, 7) is 2.04. The Morgan fingerprint density at radius 1 is 1.04 bits per heavy atom. The standard InChI is InChI=1S/C18H18O4S/c1-2-12-8-10-13(11-9-12)15-16(18(19)20)17(15)23(21,22)14-6-4-3-5-7-14/h3-11,15-17H,2H2,1H3,(H,19,20)/t15-,16-,17+/m0/s1. The lowest BCUT2D eigenvalue weighted by atomic mass is 10.1. The molecule has 4 nitrogen and oxygen atoms in total. The number of sulfone groups is 1. The number of carbonyl (C=O) groups is 1. The number of aliphatic carboxylic acids is 1. The SMILES string of the molecule is CCc1ccc([C@H]2[C@H](C(=O)O)[C@@H]2S(=O)(=O)c2ccccc2)cc1. The van der Waals surface area contributed by atoms with Gasteiger partial charge in [-0.1, -0.05) is 49.4 Å². The molecular formula is C18H18O4S. The van der Waals surface area contributed by atoms with Crippen molar-refractivity contribution in [1.29, 1.82) is 0 Å². The van der Waals surface area contributed by atoms with Crippen LogP contribution >= 0.6 is 0 Å². The molecule has 1 fully saturated rings. The highest BCUT2D eigenvalue weighted by Crippen LogP contribution is 2.54. The van der Waals surface area contributed by atoms with Gasteiger partial charge in [0, 0.05) is 5.92 Å². The predicted molar refractivity (Wildman–Crippen MR) is 87.1 cm³/mol. The van der Waals surface area contributed by atoms with Crippen LogP contribution in [0.3, 0.4) is 0 Å². The number of carboxylic acids is 1. The van der Waals surface area contributed by atoms with E-state index in [0.29, 0.717) is 0 Å². The number of benzene rings is 2. The normalized spacial score (nSPS) is 23.4. The molecule has 120 valence electrons. The Labute approximate surface area is 135 Å². The minimum atomic E-state index is -3.65. The van der Waals surface area contributed by atoms with E-state index in [-0.39, 0.29) is 4.90 Å². The second-order valence-electron chi connectivity index (χ2n) is 5.81. The van der Waals surface area contributed by atoms with Crippen LogP contribution in [0.25, 0.3) is 0 Å². The minimum Gasteiger partial charge on any atom is -0.481 e. The zero-order valence-electron chi connectivity index (χ0n) is 12.7. The van der Waals surface area contributed by atoms with Gasteiger partial charge < -0.3 is 5.11 Å². The maximum absolute atomic E-state index is 12.8. The highest BCUT2D eigenvalue weighted by Gasteiger charge is 2.63. The second-order valence-corrected chi connectivity index (χ2v) is 7.91. The Morgan fingerprint density at radius 3 is 2.17 bits per heavy atom. The van der Waals surface area contributed by atoms with Crippen LogP contribution in [0.4, 0.5) is 0 Å². The molecule has 1 N–H and O–H groups in total. The summed E-state index contributed by atoms with van der Waals surface area (Å²) in [5.41, 5.74) is 1.92. The molecule has 2 aromatic carbocycles. The van der Waals surface area contributed by atoms with Crippen molar-refractivity contribution in [3.8, 4) is 0 Å². The van der Waals surface area contributed by atoms with Gasteiger partial charge in [-0.05, 0) is 29.7 Å². The molecule has 1 aliphatic carbocycles. The minimum absolute atomic E-state index is 0.184. The van der Waals surface area contributed by atoms with Gasteiger partial charge in [0.15, 0.2) is 9.84 Å². The lowest BCUT2D eigenvalue weighted by molar-refractivity contribution is -0.138. The van der Waals surface area contributed by atoms with Crippen LogP contribution in [0.15, 0.2) is 59.5 Å². The maximum Gasteiger partial charge on any atom is 0.308 e. The largest absolute Gasteiger partial charge is 0.481 e. The number of carboxylic acid groups (broad SMARTS) is 1. The van der Waals surface area contributed by atoms with Gasteiger partial charge in [-0.2, -0.15) is 0 Å². The van der Waals surface area contributed by atoms with Gasteiger partial charge in [0.1, 0.15) is 0 Å². The number of rotatable bonds is 5. The van der Waals surface area contributed by atoms with Gasteiger partial charge in [-0.25, -0.2) is 8.42 Å². The third-order valence-electron chi connectivity index (χ3n) is 4.44. The van der Waals surface area contributed by atoms with Gasteiger partial charge in [-0.15, -0.1) is 0 Å². The molecule has 3 rings (SSSR count). The monoisotopic (exact) mass is 330 g/mol. The molecular weight excluding hydrogens is 312 g/mol. The van der Waals surface area contributed by atoms with Crippen molar-refractivity contribution in [1.82, 2.24) is 0 Å². The van der Waals surface area contributed by atoms with Crippen LogP contribution in [-0.2, 0) is 21.1 Å². The third-order valence-corrected chi connectivity index (χ3v) is 6.67. The average Bonchev–Trinajstić information content (AvgIpc) is 3.32. The first-order valence-corrected chi connectivity index (χ1v) is 9.12. The Morgan fingerprint density at radius 2 is 1.65 bits per heavy atom. The van der Waals surface area contributed by atoms with Crippen LogP contribution in [0.5, 0.6) is 0 Å². The summed E-state index contributed by atoms with van der Waals surface area (Å²) < 4.78 is 25.5. The fourth-order valence-corrected chi connectivity index (χ4v) is 5.25. The van der Waals surface area contributed by atoms with Crippen LogP contribution in [-0.4, -0.2) is 24.7 Å². The average molecular weight is 330 g/mol. The molecule has 3 atom stereocenters. The highest BCUT2D eigenvalue weighted by atomic mass is 32.2. The van der Waals surface area contributed by atoms with Crippen LogP contribution in [0.2, 0.25) is 0 Å². The number of aryl methyl sites for hydroxylation is 1. The topological polar surface area (TPSA) is 71.4 Å². The molecule has 0 amide bonds. The fraction of sp³-hybridized carbons (Fsp3) is 0.278. The third kappa shape index (κ3) is 2.77. The van der Waals surface area contributed by atoms with E-state index in [1.807, 2.05) is 31.2 Å². The Balaban J connectivity index is 1.96. The van der Waals surface area contributed by atoms with Crippen molar-refractivity contribution in [2.24, 2.45) is 5.92 Å². The van der Waals surface area contributed by atoms with Crippen LogP contribution in [0.1, 0.15) is 24.0 Å². The van der Waals surface area contributed by atoms with Crippen molar-refractivity contribution in [3.63, 3.8) is 0 Å². The summed E-state index contributed by atoms with van der Waals surface area (Å²) in [7, 11) is -3.65. The van der Waals surface area contributed by atoms with Crippen molar-refractivity contribution in [2.75, 3.05) is 0 Å².